The Balaban J connectivity index is 1.89. The molecule has 1 aromatic rings. The lowest BCUT2D eigenvalue weighted by Gasteiger charge is -2.31. The van der Waals surface area contributed by atoms with E-state index in [4.69, 9.17) is 4.74 Å². The van der Waals surface area contributed by atoms with Crippen LogP contribution >= 0.6 is 11.3 Å². The summed E-state index contributed by atoms with van der Waals surface area (Å²) in [6.45, 7) is 10.1. The zero-order chi connectivity index (χ0) is 15.9. The summed E-state index contributed by atoms with van der Waals surface area (Å²) in [5.41, 5.74) is 1.09. The van der Waals surface area contributed by atoms with Crippen LogP contribution in [0, 0.1) is 5.92 Å². The van der Waals surface area contributed by atoms with Crippen LogP contribution in [0.15, 0.2) is 5.38 Å². The molecule has 0 aliphatic carbocycles. The lowest BCUT2D eigenvalue weighted by molar-refractivity contribution is -0.126. The molecule has 2 unspecified atom stereocenters. The minimum absolute atomic E-state index is 0.0631. The van der Waals surface area contributed by atoms with E-state index in [0.29, 0.717) is 13.2 Å². The highest BCUT2D eigenvalue weighted by molar-refractivity contribution is 7.09. The van der Waals surface area contributed by atoms with Crippen molar-refractivity contribution in [2.45, 2.75) is 46.3 Å². The summed E-state index contributed by atoms with van der Waals surface area (Å²) < 4.78 is 5.59. The molecule has 0 saturated carbocycles. The lowest BCUT2D eigenvalue weighted by Crippen LogP contribution is -2.42. The second kappa shape index (κ2) is 8.60. The Morgan fingerprint density at radius 1 is 1.59 bits per heavy atom. The lowest BCUT2D eigenvalue weighted by atomic mass is 9.97. The van der Waals surface area contributed by atoms with Gasteiger partial charge in [-0.05, 0) is 40.2 Å². The number of amides is 1. The Bertz CT molecular complexity index is 478. The molecule has 2 heterocycles. The van der Waals surface area contributed by atoms with Crippen LogP contribution in [-0.2, 0) is 16.1 Å². The van der Waals surface area contributed by atoms with Gasteiger partial charge < -0.3 is 10.1 Å². The monoisotopic (exact) mass is 325 g/mol. The van der Waals surface area contributed by atoms with E-state index >= 15 is 0 Å². The summed E-state index contributed by atoms with van der Waals surface area (Å²) >= 11 is 1.66. The third kappa shape index (κ3) is 4.76. The zero-order valence-electron chi connectivity index (χ0n) is 13.8. The molecule has 0 aromatic carbocycles. The molecule has 1 N–H and O–H groups in total. The van der Waals surface area contributed by atoms with Gasteiger partial charge in [0.25, 0.3) is 0 Å². The molecular weight excluding hydrogens is 298 g/mol. The van der Waals surface area contributed by atoms with Crippen LogP contribution in [0.25, 0.3) is 0 Å². The van der Waals surface area contributed by atoms with Crippen molar-refractivity contribution in [2.24, 2.45) is 5.92 Å². The average Bonchev–Trinajstić information content (AvgIpc) is 2.97. The highest BCUT2D eigenvalue weighted by Gasteiger charge is 2.25. The van der Waals surface area contributed by atoms with Crippen LogP contribution in [0.2, 0.25) is 0 Å². The van der Waals surface area contributed by atoms with Crippen molar-refractivity contribution in [1.82, 2.24) is 15.2 Å². The fraction of sp³-hybridized carbons (Fsp3) is 0.750. The number of rotatable bonds is 7. The Morgan fingerprint density at radius 2 is 2.41 bits per heavy atom. The Labute approximate surface area is 137 Å². The first-order valence-electron chi connectivity index (χ1n) is 8.20. The van der Waals surface area contributed by atoms with Crippen molar-refractivity contribution in [3.05, 3.63) is 16.1 Å². The van der Waals surface area contributed by atoms with Crippen LogP contribution in [0.5, 0.6) is 0 Å². The van der Waals surface area contributed by atoms with E-state index in [1.165, 1.54) is 0 Å². The van der Waals surface area contributed by atoms with Crippen molar-refractivity contribution in [2.75, 3.05) is 26.2 Å². The first-order valence-corrected chi connectivity index (χ1v) is 9.08. The van der Waals surface area contributed by atoms with Gasteiger partial charge in [0.05, 0.1) is 11.6 Å². The Hall–Kier alpha value is -0.980. The zero-order valence-corrected chi connectivity index (χ0v) is 14.6. The molecule has 1 aromatic heterocycles. The summed E-state index contributed by atoms with van der Waals surface area (Å²) in [6, 6.07) is 0. The topological polar surface area (TPSA) is 54.5 Å². The number of piperidine rings is 1. The van der Waals surface area contributed by atoms with Crippen LogP contribution in [0.1, 0.15) is 50.4 Å². The van der Waals surface area contributed by atoms with Crippen LogP contribution < -0.4 is 5.32 Å². The van der Waals surface area contributed by atoms with Crippen LogP contribution in [0.4, 0.5) is 0 Å². The van der Waals surface area contributed by atoms with Gasteiger partial charge in [-0.3, -0.25) is 9.69 Å². The van der Waals surface area contributed by atoms with Crippen molar-refractivity contribution < 1.29 is 9.53 Å². The largest absolute Gasteiger partial charge is 0.372 e. The Kier molecular flexibility index (Phi) is 6.79. The van der Waals surface area contributed by atoms with Crippen molar-refractivity contribution >= 4 is 17.2 Å². The smallest absolute Gasteiger partial charge is 0.224 e. The molecule has 1 aliphatic heterocycles. The van der Waals surface area contributed by atoms with E-state index < -0.39 is 0 Å². The molecule has 0 bridgehead atoms. The minimum atomic E-state index is 0.0631. The van der Waals surface area contributed by atoms with Crippen molar-refractivity contribution in [3.63, 3.8) is 0 Å². The van der Waals surface area contributed by atoms with Gasteiger partial charge in [-0.1, -0.05) is 0 Å². The van der Waals surface area contributed by atoms with Crippen molar-refractivity contribution in [1.29, 1.82) is 0 Å². The number of carbonyl (C=O) groups is 1. The Morgan fingerprint density at radius 3 is 3.14 bits per heavy atom. The third-order valence-electron chi connectivity index (χ3n) is 3.95. The second-order valence-electron chi connectivity index (χ2n) is 5.74. The summed E-state index contributed by atoms with van der Waals surface area (Å²) in [6.07, 6.45) is 2.13. The van der Waals surface area contributed by atoms with E-state index in [9.17, 15) is 4.79 Å². The van der Waals surface area contributed by atoms with Gasteiger partial charge in [0.1, 0.15) is 11.1 Å². The van der Waals surface area contributed by atoms with E-state index in [1.807, 2.05) is 20.8 Å². The molecule has 2 atom stereocenters. The quantitative estimate of drug-likeness (QED) is 0.837. The maximum Gasteiger partial charge on any atom is 0.224 e. The van der Waals surface area contributed by atoms with E-state index in [1.54, 1.807) is 11.3 Å². The molecule has 2 rings (SSSR count). The van der Waals surface area contributed by atoms with Crippen LogP contribution in [0.3, 0.4) is 0 Å². The molecule has 5 nitrogen and oxygen atoms in total. The SMILES string of the molecule is CCNC(=O)C1CCCN(Cc2csc(C(C)OCC)n2)C1. The van der Waals surface area contributed by atoms with Gasteiger partial charge in [-0.2, -0.15) is 0 Å². The van der Waals surface area contributed by atoms with Gasteiger partial charge in [-0.15, -0.1) is 11.3 Å². The van der Waals surface area contributed by atoms with E-state index in [-0.39, 0.29) is 17.9 Å². The molecule has 124 valence electrons. The van der Waals surface area contributed by atoms with Gasteiger partial charge >= 0.3 is 0 Å². The first kappa shape index (κ1) is 17.4. The fourth-order valence-electron chi connectivity index (χ4n) is 2.86. The molecular formula is C16H27N3O2S. The summed E-state index contributed by atoms with van der Waals surface area (Å²) in [5.74, 6) is 0.310. The fourth-order valence-corrected chi connectivity index (χ4v) is 3.68. The first-order chi connectivity index (χ1) is 10.6. The van der Waals surface area contributed by atoms with E-state index in [2.05, 4.69) is 20.6 Å². The predicted octanol–water partition coefficient (Wildman–Crippen LogP) is 2.59. The number of hydrogen-bond acceptors (Lipinski definition) is 5. The number of ether oxygens (including phenoxy) is 1. The minimum Gasteiger partial charge on any atom is -0.372 e. The van der Waals surface area contributed by atoms with Gasteiger partial charge in [0.15, 0.2) is 0 Å². The molecule has 22 heavy (non-hydrogen) atoms. The summed E-state index contributed by atoms with van der Waals surface area (Å²) in [5, 5.41) is 6.08. The highest BCUT2D eigenvalue weighted by Crippen LogP contribution is 2.23. The summed E-state index contributed by atoms with van der Waals surface area (Å²) in [7, 11) is 0. The maximum atomic E-state index is 12.0. The number of nitrogens with zero attached hydrogens (tertiary/aromatic N) is 2. The molecule has 0 radical (unpaired) electrons. The molecule has 6 heteroatoms. The number of likely N-dealkylation sites (tertiary alicyclic amines) is 1. The standard InChI is InChI=1S/C16H27N3O2S/c1-4-17-15(20)13-7-6-8-19(9-13)10-14-11-22-16(18-14)12(3)21-5-2/h11-13H,4-10H2,1-3H3,(H,17,20). The molecule has 0 spiro atoms. The van der Waals surface area contributed by atoms with Crippen LogP contribution in [-0.4, -0.2) is 42.0 Å². The third-order valence-corrected chi connectivity index (χ3v) is 5.00. The predicted molar refractivity (Wildman–Crippen MR) is 88.8 cm³/mol. The van der Waals surface area contributed by atoms with Gasteiger partial charge in [0, 0.05) is 31.6 Å². The average molecular weight is 325 g/mol. The maximum absolute atomic E-state index is 12.0. The van der Waals surface area contributed by atoms with Crippen molar-refractivity contribution in [3.8, 4) is 0 Å². The highest BCUT2D eigenvalue weighted by atomic mass is 32.1. The number of carbonyl (C=O) groups excluding carboxylic acids is 1. The summed E-state index contributed by atoms with van der Waals surface area (Å²) in [4.78, 5) is 19.0. The van der Waals surface area contributed by atoms with E-state index in [0.717, 1.165) is 43.2 Å². The molecule has 1 fully saturated rings. The second-order valence-corrected chi connectivity index (χ2v) is 6.63. The molecule has 1 aliphatic rings. The molecule has 1 amide bonds. The van der Waals surface area contributed by atoms with Gasteiger partial charge in [0.2, 0.25) is 5.91 Å². The normalized spacial score (nSPS) is 20.8. The number of hydrogen-bond donors (Lipinski definition) is 1. The molecule has 1 saturated heterocycles. The van der Waals surface area contributed by atoms with Gasteiger partial charge in [-0.25, -0.2) is 4.98 Å². The number of nitrogens with one attached hydrogen (secondary N) is 1. The number of aromatic nitrogens is 1. The number of thiazole rings is 1.